The molecule has 0 atom stereocenters. The zero-order valence-electron chi connectivity index (χ0n) is 9.42. The second kappa shape index (κ2) is 4.44. The molecule has 0 saturated heterocycles. The highest BCUT2D eigenvalue weighted by atomic mass is 32.1. The Morgan fingerprint density at radius 1 is 1.29 bits per heavy atom. The van der Waals surface area contributed by atoms with Crippen LogP contribution in [0.1, 0.15) is 37.4 Å². The first kappa shape index (κ1) is 12.6. The number of hydrogen-bond donors (Lipinski definition) is 1. The zero-order valence-corrected chi connectivity index (χ0v) is 10.2. The number of nitrogens with zero attached hydrogens (tertiary/aromatic N) is 2. The van der Waals surface area contributed by atoms with E-state index in [0.29, 0.717) is 17.6 Å². The molecule has 0 radical (unpaired) electrons. The molecular formula is C10H14F3N3S. The molecule has 1 fully saturated rings. The van der Waals surface area contributed by atoms with Crippen LogP contribution < -0.4 is 0 Å². The molecule has 1 heterocycles. The van der Waals surface area contributed by atoms with Crippen molar-refractivity contribution in [3.63, 3.8) is 0 Å². The summed E-state index contributed by atoms with van der Waals surface area (Å²) in [5, 5.41) is 2.99. The molecule has 1 N–H and O–H groups in total. The average Bonchev–Trinajstić information content (AvgIpc) is 2.58. The normalized spacial score (nSPS) is 26.1. The number of rotatable bonds is 1. The van der Waals surface area contributed by atoms with Crippen LogP contribution in [0.2, 0.25) is 0 Å². The van der Waals surface area contributed by atoms with Crippen molar-refractivity contribution >= 4 is 12.2 Å². The minimum atomic E-state index is -4.05. The van der Waals surface area contributed by atoms with Crippen LogP contribution in [0.3, 0.4) is 0 Å². The predicted octanol–water partition coefficient (Wildman–Crippen LogP) is 3.31. The molecular weight excluding hydrogens is 251 g/mol. The van der Waals surface area contributed by atoms with Gasteiger partial charge in [-0.05, 0) is 37.9 Å². The molecule has 0 unspecified atom stereocenters. The molecule has 1 saturated carbocycles. The minimum absolute atomic E-state index is 0.0801. The maximum atomic E-state index is 12.5. The van der Waals surface area contributed by atoms with Crippen LogP contribution in [0.15, 0.2) is 0 Å². The van der Waals surface area contributed by atoms with E-state index in [0.717, 1.165) is 5.82 Å². The number of aromatic amines is 1. The van der Waals surface area contributed by atoms with E-state index in [1.54, 1.807) is 11.7 Å². The van der Waals surface area contributed by atoms with Gasteiger partial charge in [-0.3, -0.25) is 9.78 Å². The Bertz CT molecular complexity index is 440. The number of nitrogens with one attached hydrogen (secondary N) is 1. The molecule has 3 nitrogen and oxygen atoms in total. The largest absolute Gasteiger partial charge is 0.391 e. The van der Waals surface area contributed by atoms with E-state index in [2.05, 4.69) is 10.1 Å². The van der Waals surface area contributed by atoms with Gasteiger partial charge in [-0.2, -0.15) is 13.2 Å². The molecule has 0 aromatic carbocycles. The van der Waals surface area contributed by atoms with Gasteiger partial charge in [0.05, 0.1) is 5.92 Å². The number of halogens is 3. The van der Waals surface area contributed by atoms with E-state index in [1.807, 2.05) is 0 Å². The molecule has 0 amide bonds. The van der Waals surface area contributed by atoms with E-state index >= 15 is 0 Å². The Labute approximate surface area is 102 Å². The maximum Gasteiger partial charge on any atom is 0.391 e. The lowest BCUT2D eigenvalue weighted by Crippen LogP contribution is -2.27. The van der Waals surface area contributed by atoms with Crippen LogP contribution in [0.25, 0.3) is 0 Å². The summed E-state index contributed by atoms with van der Waals surface area (Å²) < 4.78 is 39.5. The SMILES string of the molecule is Cn1[nH]c(C2CCC(C(F)(F)F)CC2)nc1=S. The third-order valence-corrected chi connectivity index (χ3v) is 3.73. The molecule has 2 rings (SSSR count). The summed E-state index contributed by atoms with van der Waals surface area (Å²) >= 11 is 4.97. The van der Waals surface area contributed by atoms with Gasteiger partial charge in [0.2, 0.25) is 4.77 Å². The summed E-state index contributed by atoms with van der Waals surface area (Å²) in [6.45, 7) is 0. The van der Waals surface area contributed by atoms with E-state index in [1.165, 1.54) is 0 Å². The lowest BCUT2D eigenvalue weighted by atomic mass is 9.81. The Morgan fingerprint density at radius 3 is 2.29 bits per heavy atom. The van der Waals surface area contributed by atoms with Crippen LogP contribution in [-0.4, -0.2) is 20.9 Å². The molecule has 1 aliphatic rings. The maximum absolute atomic E-state index is 12.5. The van der Waals surface area contributed by atoms with Crippen molar-refractivity contribution in [1.82, 2.24) is 14.8 Å². The fourth-order valence-corrected chi connectivity index (χ4v) is 2.44. The third kappa shape index (κ3) is 2.70. The fourth-order valence-electron chi connectivity index (χ4n) is 2.30. The van der Waals surface area contributed by atoms with Crippen molar-refractivity contribution in [3.05, 3.63) is 10.6 Å². The van der Waals surface area contributed by atoms with Crippen LogP contribution in [0, 0.1) is 10.7 Å². The predicted molar refractivity (Wildman–Crippen MR) is 59.1 cm³/mol. The first-order valence-corrected chi connectivity index (χ1v) is 5.98. The molecule has 1 aromatic rings. The average molecular weight is 265 g/mol. The number of aryl methyl sites for hydroxylation is 1. The Morgan fingerprint density at radius 2 is 1.88 bits per heavy atom. The minimum Gasteiger partial charge on any atom is -0.283 e. The Hall–Kier alpha value is -0.850. The summed E-state index contributed by atoms with van der Waals surface area (Å²) in [5.74, 6) is -0.347. The standard InChI is InChI=1S/C10H14F3N3S/c1-16-9(17)14-8(15-16)6-2-4-7(5-3-6)10(11,12)13/h6-7H,2-5H2,1H3,(H,14,15,17). The van der Waals surface area contributed by atoms with Gasteiger partial charge in [-0.25, -0.2) is 4.98 Å². The smallest absolute Gasteiger partial charge is 0.283 e. The van der Waals surface area contributed by atoms with Gasteiger partial charge in [-0.1, -0.05) is 0 Å². The first-order valence-electron chi connectivity index (χ1n) is 5.57. The van der Waals surface area contributed by atoms with Crippen LogP contribution in [-0.2, 0) is 7.05 Å². The molecule has 0 spiro atoms. The van der Waals surface area contributed by atoms with Crippen molar-refractivity contribution in [1.29, 1.82) is 0 Å². The van der Waals surface area contributed by atoms with E-state index in [9.17, 15) is 13.2 Å². The van der Waals surface area contributed by atoms with Gasteiger partial charge in [-0.15, -0.1) is 0 Å². The van der Waals surface area contributed by atoms with Crippen molar-refractivity contribution in [2.24, 2.45) is 13.0 Å². The number of H-pyrrole nitrogens is 1. The fraction of sp³-hybridized carbons (Fsp3) is 0.800. The number of alkyl halides is 3. The topological polar surface area (TPSA) is 33.6 Å². The van der Waals surface area contributed by atoms with Crippen LogP contribution in [0.4, 0.5) is 13.2 Å². The summed E-state index contributed by atoms with van der Waals surface area (Å²) in [7, 11) is 1.75. The van der Waals surface area contributed by atoms with Crippen molar-refractivity contribution < 1.29 is 13.2 Å². The lowest BCUT2D eigenvalue weighted by molar-refractivity contribution is -0.182. The Balaban J connectivity index is 2.02. The highest BCUT2D eigenvalue weighted by molar-refractivity contribution is 7.71. The van der Waals surface area contributed by atoms with Gasteiger partial charge in [0, 0.05) is 13.0 Å². The summed E-state index contributed by atoms with van der Waals surface area (Å²) in [6, 6.07) is 0. The van der Waals surface area contributed by atoms with Gasteiger partial charge in [0.25, 0.3) is 0 Å². The van der Waals surface area contributed by atoms with Crippen LogP contribution >= 0.6 is 12.2 Å². The molecule has 1 aliphatic carbocycles. The molecule has 7 heteroatoms. The molecule has 17 heavy (non-hydrogen) atoms. The molecule has 1 aromatic heterocycles. The van der Waals surface area contributed by atoms with Gasteiger partial charge < -0.3 is 0 Å². The van der Waals surface area contributed by atoms with E-state index in [4.69, 9.17) is 12.2 Å². The zero-order chi connectivity index (χ0) is 12.6. The highest BCUT2D eigenvalue weighted by Gasteiger charge is 2.41. The van der Waals surface area contributed by atoms with Gasteiger partial charge in [0.15, 0.2) is 0 Å². The summed E-state index contributed by atoms with van der Waals surface area (Å²) in [4.78, 5) is 4.16. The van der Waals surface area contributed by atoms with Crippen LogP contribution in [0.5, 0.6) is 0 Å². The summed E-state index contributed by atoms with van der Waals surface area (Å²) in [6.07, 6.45) is -2.64. The summed E-state index contributed by atoms with van der Waals surface area (Å²) in [5.41, 5.74) is 0. The quantitative estimate of drug-likeness (QED) is 0.790. The number of hydrogen-bond acceptors (Lipinski definition) is 2. The molecule has 96 valence electrons. The van der Waals surface area contributed by atoms with Crippen molar-refractivity contribution in [3.8, 4) is 0 Å². The first-order chi connectivity index (χ1) is 7.88. The lowest BCUT2D eigenvalue weighted by Gasteiger charge is -2.28. The Kier molecular flexibility index (Phi) is 3.29. The second-order valence-corrected chi connectivity index (χ2v) is 4.91. The van der Waals surface area contributed by atoms with E-state index < -0.39 is 12.1 Å². The second-order valence-electron chi connectivity index (χ2n) is 4.54. The molecule has 0 aliphatic heterocycles. The van der Waals surface area contributed by atoms with Crippen molar-refractivity contribution in [2.75, 3.05) is 0 Å². The van der Waals surface area contributed by atoms with Crippen molar-refractivity contribution in [2.45, 2.75) is 37.8 Å². The number of aromatic nitrogens is 3. The monoisotopic (exact) mass is 265 g/mol. The van der Waals surface area contributed by atoms with Gasteiger partial charge in [0.1, 0.15) is 5.82 Å². The van der Waals surface area contributed by atoms with Gasteiger partial charge >= 0.3 is 6.18 Å². The van der Waals surface area contributed by atoms with E-state index in [-0.39, 0.29) is 18.8 Å². The highest BCUT2D eigenvalue weighted by Crippen LogP contribution is 2.41. The molecule has 0 bridgehead atoms. The third-order valence-electron chi connectivity index (χ3n) is 3.36.